The number of rotatable bonds is 5. The minimum Gasteiger partial charge on any atom is -0.445 e. The van der Waals surface area contributed by atoms with E-state index in [1.165, 1.54) is 12.1 Å². The van der Waals surface area contributed by atoms with Crippen molar-refractivity contribution < 1.29 is 23.6 Å². The van der Waals surface area contributed by atoms with E-state index >= 15 is 0 Å². The third kappa shape index (κ3) is 4.54. The lowest BCUT2D eigenvalue weighted by atomic mass is 10.2. The molecule has 130 valence electrons. The zero-order valence-electron chi connectivity index (χ0n) is 13.4. The van der Waals surface area contributed by atoms with Crippen molar-refractivity contribution in [3.8, 4) is 0 Å². The maximum atomic E-state index is 12.9. The van der Waals surface area contributed by atoms with Gasteiger partial charge in [0.2, 0.25) is 0 Å². The topological polar surface area (TPSA) is 67.9 Å². The molecular formula is C18H17FN2O4. The van der Waals surface area contributed by atoms with Gasteiger partial charge in [0.25, 0.3) is 5.91 Å². The van der Waals surface area contributed by atoms with Gasteiger partial charge in [-0.05, 0) is 23.3 Å². The second-order valence-corrected chi connectivity index (χ2v) is 5.56. The van der Waals surface area contributed by atoms with Gasteiger partial charge < -0.3 is 10.1 Å². The highest BCUT2D eigenvalue weighted by molar-refractivity contribution is 5.86. The molecule has 2 amide bonds. The SMILES string of the molecule is O=C(NC1CON(Cc2ccc(F)cc2)C1=O)OCc1ccccc1. The molecule has 1 N–H and O–H groups in total. The molecule has 0 radical (unpaired) electrons. The van der Waals surface area contributed by atoms with Crippen LogP contribution in [0.4, 0.5) is 9.18 Å². The Kier molecular flexibility index (Phi) is 5.25. The Morgan fingerprint density at radius 3 is 2.60 bits per heavy atom. The van der Waals surface area contributed by atoms with Gasteiger partial charge in [-0.1, -0.05) is 42.5 Å². The van der Waals surface area contributed by atoms with Gasteiger partial charge in [-0.2, -0.15) is 0 Å². The largest absolute Gasteiger partial charge is 0.445 e. The zero-order chi connectivity index (χ0) is 17.6. The molecule has 2 aromatic rings. The molecule has 3 rings (SSSR count). The van der Waals surface area contributed by atoms with Gasteiger partial charge in [0, 0.05) is 0 Å². The fraction of sp³-hybridized carbons (Fsp3) is 0.222. The van der Waals surface area contributed by atoms with E-state index < -0.39 is 12.1 Å². The maximum absolute atomic E-state index is 12.9. The smallest absolute Gasteiger partial charge is 0.408 e. The molecule has 1 fully saturated rings. The summed E-state index contributed by atoms with van der Waals surface area (Å²) in [5.74, 6) is -0.723. The first-order valence-corrected chi connectivity index (χ1v) is 7.78. The van der Waals surface area contributed by atoms with E-state index in [0.717, 1.165) is 16.2 Å². The van der Waals surface area contributed by atoms with Crippen molar-refractivity contribution in [3.63, 3.8) is 0 Å². The van der Waals surface area contributed by atoms with Crippen molar-refractivity contribution in [1.29, 1.82) is 0 Å². The number of hydrogen-bond donors (Lipinski definition) is 1. The first-order valence-electron chi connectivity index (χ1n) is 7.78. The highest BCUT2D eigenvalue weighted by atomic mass is 19.1. The van der Waals surface area contributed by atoms with Gasteiger partial charge >= 0.3 is 6.09 Å². The predicted molar refractivity (Wildman–Crippen MR) is 86.5 cm³/mol. The van der Waals surface area contributed by atoms with Crippen LogP contribution in [0.1, 0.15) is 11.1 Å². The number of hydroxylamine groups is 2. The Morgan fingerprint density at radius 1 is 1.16 bits per heavy atom. The molecule has 1 aliphatic heterocycles. The quantitative estimate of drug-likeness (QED) is 0.904. The Hall–Kier alpha value is -2.93. The number of halogens is 1. The lowest BCUT2D eigenvalue weighted by molar-refractivity contribution is -0.164. The van der Waals surface area contributed by atoms with Crippen molar-refractivity contribution in [2.75, 3.05) is 6.61 Å². The summed E-state index contributed by atoms with van der Waals surface area (Å²) in [4.78, 5) is 29.4. The lowest BCUT2D eigenvalue weighted by Crippen LogP contribution is -2.42. The molecule has 25 heavy (non-hydrogen) atoms. The molecular weight excluding hydrogens is 327 g/mol. The average Bonchev–Trinajstić information content (AvgIpc) is 2.96. The number of carbonyl (C=O) groups is 2. The van der Waals surface area contributed by atoms with Crippen molar-refractivity contribution in [2.24, 2.45) is 0 Å². The molecule has 1 aliphatic rings. The molecule has 0 spiro atoms. The highest BCUT2D eigenvalue weighted by Gasteiger charge is 2.34. The van der Waals surface area contributed by atoms with E-state index in [1.807, 2.05) is 30.3 Å². The Labute approximate surface area is 144 Å². The fourth-order valence-electron chi connectivity index (χ4n) is 2.36. The van der Waals surface area contributed by atoms with Crippen LogP contribution in [-0.2, 0) is 27.5 Å². The summed E-state index contributed by atoms with van der Waals surface area (Å²) in [6.45, 7) is 0.324. The molecule has 2 aromatic carbocycles. The summed E-state index contributed by atoms with van der Waals surface area (Å²) >= 11 is 0. The molecule has 1 unspecified atom stereocenters. The Morgan fingerprint density at radius 2 is 1.88 bits per heavy atom. The Balaban J connectivity index is 1.48. The van der Waals surface area contributed by atoms with Gasteiger partial charge in [0.05, 0.1) is 6.54 Å². The van der Waals surface area contributed by atoms with Gasteiger partial charge in [-0.25, -0.2) is 14.2 Å². The molecule has 0 aromatic heterocycles. The van der Waals surface area contributed by atoms with E-state index in [0.29, 0.717) is 0 Å². The second kappa shape index (κ2) is 7.76. The molecule has 0 saturated carbocycles. The van der Waals surface area contributed by atoms with E-state index in [-0.39, 0.29) is 31.5 Å². The van der Waals surface area contributed by atoms with E-state index in [9.17, 15) is 14.0 Å². The number of ether oxygens (including phenoxy) is 1. The van der Waals surface area contributed by atoms with E-state index in [1.54, 1.807) is 12.1 Å². The molecule has 1 heterocycles. The minimum atomic E-state index is -0.802. The van der Waals surface area contributed by atoms with Crippen molar-refractivity contribution in [2.45, 2.75) is 19.2 Å². The summed E-state index contributed by atoms with van der Waals surface area (Å²) in [5, 5.41) is 3.63. The van der Waals surface area contributed by atoms with E-state index in [4.69, 9.17) is 9.57 Å². The van der Waals surface area contributed by atoms with Gasteiger partial charge in [0.15, 0.2) is 0 Å². The van der Waals surface area contributed by atoms with E-state index in [2.05, 4.69) is 5.32 Å². The third-order valence-electron chi connectivity index (χ3n) is 3.69. The fourth-order valence-corrected chi connectivity index (χ4v) is 2.36. The first-order chi connectivity index (χ1) is 12.1. The number of hydrogen-bond acceptors (Lipinski definition) is 4. The van der Waals surface area contributed by atoms with Gasteiger partial charge in [-0.3, -0.25) is 9.63 Å². The summed E-state index contributed by atoms with van der Waals surface area (Å²) in [6.07, 6.45) is -0.686. The number of alkyl carbamates (subject to hydrolysis) is 1. The van der Waals surface area contributed by atoms with Crippen LogP contribution < -0.4 is 5.32 Å². The Bertz CT molecular complexity index is 737. The summed E-state index contributed by atoms with van der Waals surface area (Å²) in [5.41, 5.74) is 1.58. The molecule has 7 heteroatoms. The summed E-state index contributed by atoms with van der Waals surface area (Å²) in [7, 11) is 0. The number of amides is 2. The van der Waals surface area contributed by atoms with Crippen LogP contribution in [0.3, 0.4) is 0 Å². The summed E-state index contributed by atoms with van der Waals surface area (Å²) < 4.78 is 18.0. The number of benzene rings is 2. The predicted octanol–water partition coefficient (Wildman–Crippen LogP) is 2.39. The number of carbonyl (C=O) groups excluding carboxylic acids is 2. The molecule has 6 nitrogen and oxygen atoms in total. The standard InChI is InChI=1S/C18H17FN2O4/c19-15-8-6-13(7-9-15)10-21-17(22)16(12-25-21)20-18(23)24-11-14-4-2-1-3-5-14/h1-9,16H,10-12H2,(H,20,23). The van der Waals surface area contributed by atoms with Crippen LogP contribution in [0.25, 0.3) is 0 Å². The molecule has 0 aliphatic carbocycles. The summed E-state index contributed by atoms with van der Waals surface area (Å²) in [6, 6.07) is 14.2. The van der Waals surface area contributed by atoms with Crippen molar-refractivity contribution >= 4 is 12.0 Å². The van der Waals surface area contributed by atoms with Crippen LogP contribution >= 0.6 is 0 Å². The number of nitrogens with one attached hydrogen (secondary N) is 1. The monoisotopic (exact) mass is 344 g/mol. The van der Waals surface area contributed by atoms with Crippen LogP contribution in [-0.4, -0.2) is 29.7 Å². The molecule has 1 saturated heterocycles. The van der Waals surface area contributed by atoms with Crippen LogP contribution in [0.5, 0.6) is 0 Å². The lowest BCUT2D eigenvalue weighted by Gasteiger charge is -2.14. The van der Waals surface area contributed by atoms with Gasteiger partial charge in [0.1, 0.15) is 25.1 Å². The maximum Gasteiger partial charge on any atom is 0.408 e. The molecule has 1 atom stereocenters. The van der Waals surface area contributed by atoms with Crippen LogP contribution in [0.15, 0.2) is 54.6 Å². The second-order valence-electron chi connectivity index (χ2n) is 5.56. The van der Waals surface area contributed by atoms with Crippen LogP contribution in [0.2, 0.25) is 0 Å². The highest BCUT2D eigenvalue weighted by Crippen LogP contribution is 2.14. The minimum absolute atomic E-state index is 0.0282. The van der Waals surface area contributed by atoms with Crippen molar-refractivity contribution in [1.82, 2.24) is 10.4 Å². The van der Waals surface area contributed by atoms with Crippen LogP contribution in [0, 0.1) is 5.82 Å². The third-order valence-corrected chi connectivity index (χ3v) is 3.69. The average molecular weight is 344 g/mol. The van der Waals surface area contributed by atoms with Gasteiger partial charge in [-0.15, -0.1) is 0 Å². The molecule has 0 bridgehead atoms. The number of nitrogens with zero attached hydrogens (tertiary/aromatic N) is 1. The first kappa shape index (κ1) is 16.9. The van der Waals surface area contributed by atoms with Crippen molar-refractivity contribution in [3.05, 3.63) is 71.5 Å². The zero-order valence-corrected chi connectivity index (χ0v) is 13.4. The normalized spacial score (nSPS) is 16.8.